The Labute approximate surface area is 234 Å². The number of thiophene rings is 1. The fraction of sp³-hybridized carbons (Fsp3) is 0.300. The van der Waals surface area contributed by atoms with Crippen molar-refractivity contribution in [3.05, 3.63) is 88.9 Å². The molecule has 0 amide bonds. The number of rotatable bonds is 6. The first-order valence-electron chi connectivity index (χ1n) is 13.0. The Morgan fingerprint density at radius 2 is 1.59 bits per heavy atom. The van der Waals surface area contributed by atoms with Crippen LogP contribution >= 0.6 is 11.3 Å². The van der Waals surface area contributed by atoms with Gasteiger partial charge in [0.2, 0.25) is 0 Å². The number of imidazole rings is 1. The quantitative estimate of drug-likeness (QED) is 0.214. The first kappa shape index (κ1) is 28.6. The molecule has 0 fully saturated rings. The summed E-state index contributed by atoms with van der Waals surface area (Å²) in [6, 6.07) is 18.1. The monoisotopic (exact) mass is 562 g/mol. The van der Waals surface area contributed by atoms with Gasteiger partial charge in [0.15, 0.2) is 5.65 Å². The van der Waals surface area contributed by atoms with Crippen molar-refractivity contribution in [3.63, 3.8) is 0 Å². The first-order chi connectivity index (χ1) is 18.5. The number of benzene rings is 1. The molecule has 5 aromatic rings. The smallest absolute Gasteiger partial charge is 0.282 e. The Hall–Kier alpha value is -3.40. The summed E-state index contributed by atoms with van der Waals surface area (Å²) in [5, 5.41) is 4.87. The zero-order chi connectivity index (χ0) is 28.3. The molecule has 4 aromatic heterocycles. The average Bonchev–Trinajstić information content (AvgIpc) is 3.43. The second-order valence-corrected chi connectivity index (χ2v) is 12.1. The van der Waals surface area contributed by atoms with Crippen molar-refractivity contribution in [2.24, 2.45) is 0 Å². The number of aromatic nitrogens is 4. The van der Waals surface area contributed by atoms with E-state index in [0.717, 1.165) is 47.0 Å². The van der Waals surface area contributed by atoms with Gasteiger partial charge >= 0.3 is 0 Å². The van der Waals surface area contributed by atoms with Crippen LogP contribution in [0.3, 0.4) is 0 Å². The van der Waals surface area contributed by atoms with E-state index < -0.39 is 10.1 Å². The van der Waals surface area contributed by atoms with E-state index in [1.54, 1.807) is 29.5 Å². The van der Waals surface area contributed by atoms with Crippen LogP contribution in [0.1, 0.15) is 60.8 Å². The molecule has 0 saturated carbocycles. The first-order valence-corrected chi connectivity index (χ1v) is 15.2. The lowest BCUT2D eigenvalue weighted by molar-refractivity contribution is 0.483. The molecule has 0 aliphatic carbocycles. The Balaban J connectivity index is 0.000000298. The lowest BCUT2D eigenvalue weighted by atomic mass is 9.95. The largest absolute Gasteiger partial charge is 0.294 e. The van der Waals surface area contributed by atoms with Crippen molar-refractivity contribution >= 4 is 27.1 Å². The molecular formula is C30H34N4O3S2. The fourth-order valence-electron chi connectivity index (χ4n) is 4.68. The van der Waals surface area contributed by atoms with E-state index >= 15 is 0 Å². The van der Waals surface area contributed by atoms with E-state index in [2.05, 4.69) is 63.4 Å². The lowest BCUT2D eigenvalue weighted by Gasteiger charge is -2.14. The third kappa shape index (κ3) is 6.27. The van der Waals surface area contributed by atoms with E-state index in [-0.39, 0.29) is 4.90 Å². The number of hydrogen-bond donors (Lipinski definition) is 1. The standard InChI is InChI=1S/C24H28N4S.C6H6O3S/c1-7-18(8-2)19-13-16(5)27-28-22(17(6)26-24(19)28)23-14(3)12-21(29-23)20-11-9-10-15(4)25-20;7-10(8,9)6-4-2-1-3-5-6/h9-13,18H,7-8H2,1-6H3;1-5H,(H,7,8,9). The van der Waals surface area contributed by atoms with E-state index in [1.165, 1.54) is 33.0 Å². The van der Waals surface area contributed by atoms with E-state index in [9.17, 15) is 8.42 Å². The van der Waals surface area contributed by atoms with Crippen molar-refractivity contribution in [2.75, 3.05) is 0 Å². The van der Waals surface area contributed by atoms with Crippen molar-refractivity contribution in [1.29, 1.82) is 0 Å². The molecule has 9 heteroatoms. The SMILES string of the molecule is CCC(CC)c1cc(C)nn2c(-c3sc(-c4cccc(C)n4)cc3C)c(C)nc12.O=S(=O)(O)c1ccccc1. The van der Waals surface area contributed by atoms with Crippen LogP contribution in [0.15, 0.2) is 65.6 Å². The van der Waals surface area contributed by atoms with Gasteiger partial charge in [-0.15, -0.1) is 11.3 Å². The highest BCUT2D eigenvalue weighted by Gasteiger charge is 2.22. The predicted octanol–water partition coefficient (Wildman–Crippen LogP) is 7.59. The fourth-order valence-corrected chi connectivity index (χ4v) is 6.41. The van der Waals surface area contributed by atoms with Gasteiger partial charge < -0.3 is 0 Å². The molecule has 0 unspecified atom stereocenters. The molecule has 39 heavy (non-hydrogen) atoms. The van der Waals surface area contributed by atoms with Gasteiger partial charge in [0.1, 0.15) is 5.69 Å². The van der Waals surface area contributed by atoms with Crippen LogP contribution in [0.4, 0.5) is 0 Å². The maximum atomic E-state index is 10.4. The van der Waals surface area contributed by atoms with Crippen LogP contribution < -0.4 is 0 Å². The summed E-state index contributed by atoms with van der Waals surface area (Å²) in [6.07, 6.45) is 2.22. The minimum absolute atomic E-state index is 0.0741. The summed E-state index contributed by atoms with van der Waals surface area (Å²) >= 11 is 1.78. The van der Waals surface area contributed by atoms with Gasteiger partial charge in [-0.2, -0.15) is 13.5 Å². The molecule has 0 atom stereocenters. The molecule has 0 bridgehead atoms. The zero-order valence-electron chi connectivity index (χ0n) is 23.1. The third-order valence-electron chi connectivity index (χ3n) is 6.65. The van der Waals surface area contributed by atoms with Gasteiger partial charge in [0, 0.05) is 11.3 Å². The Morgan fingerprint density at radius 3 is 2.18 bits per heavy atom. The maximum Gasteiger partial charge on any atom is 0.294 e. The maximum absolute atomic E-state index is 10.4. The van der Waals surface area contributed by atoms with Gasteiger partial charge in [0.05, 0.1) is 31.7 Å². The normalized spacial score (nSPS) is 11.6. The summed E-state index contributed by atoms with van der Waals surface area (Å²) in [4.78, 5) is 12.0. The van der Waals surface area contributed by atoms with Gasteiger partial charge in [0.25, 0.3) is 10.1 Å². The van der Waals surface area contributed by atoms with E-state index in [1.807, 2.05) is 13.0 Å². The second-order valence-electron chi connectivity index (χ2n) is 9.61. The van der Waals surface area contributed by atoms with Crippen molar-refractivity contribution in [3.8, 4) is 21.1 Å². The summed E-state index contributed by atoms with van der Waals surface area (Å²) in [5.41, 5.74) is 8.79. The minimum atomic E-state index is -4.00. The summed E-state index contributed by atoms with van der Waals surface area (Å²) in [6.45, 7) is 12.9. The van der Waals surface area contributed by atoms with Gasteiger partial charge in [-0.25, -0.2) is 9.50 Å². The average molecular weight is 563 g/mol. The van der Waals surface area contributed by atoms with E-state index in [0.29, 0.717) is 5.92 Å². The number of hydrogen-bond acceptors (Lipinski definition) is 6. The van der Waals surface area contributed by atoms with Crippen LogP contribution in [0.2, 0.25) is 0 Å². The molecular weight excluding hydrogens is 528 g/mol. The second kappa shape index (κ2) is 11.8. The molecule has 0 saturated heterocycles. The molecule has 0 spiro atoms. The van der Waals surface area contributed by atoms with Crippen LogP contribution in [-0.4, -0.2) is 32.6 Å². The molecule has 4 heterocycles. The molecule has 7 nitrogen and oxygen atoms in total. The number of aryl methyl sites for hydroxylation is 4. The Bertz CT molecular complexity index is 1700. The van der Waals surface area contributed by atoms with Crippen molar-refractivity contribution < 1.29 is 13.0 Å². The van der Waals surface area contributed by atoms with Crippen molar-refractivity contribution in [2.45, 2.75) is 65.2 Å². The molecule has 1 aromatic carbocycles. The zero-order valence-corrected chi connectivity index (χ0v) is 24.8. The summed E-state index contributed by atoms with van der Waals surface area (Å²) in [7, 11) is -4.00. The van der Waals surface area contributed by atoms with Gasteiger partial charge in [-0.1, -0.05) is 38.1 Å². The Kier molecular flexibility index (Phi) is 8.64. The van der Waals surface area contributed by atoms with Crippen LogP contribution in [0.5, 0.6) is 0 Å². The number of pyridine rings is 1. The van der Waals surface area contributed by atoms with Gasteiger partial charge in [-0.3, -0.25) is 9.54 Å². The molecule has 0 aliphatic heterocycles. The molecule has 0 radical (unpaired) electrons. The highest BCUT2D eigenvalue weighted by atomic mass is 32.2. The highest BCUT2D eigenvalue weighted by Crippen LogP contribution is 2.40. The topological polar surface area (TPSA) is 97.5 Å². The van der Waals surface area contributed by atoms with Crippen molar-refractivity contribution in [1.82, 2.24) is 19.6 Å². The van der Waals surface area contributed by atoms with E-state index in [4.69, 9.17) is 19.6 Å². The Morgan fingerprint density at radius 1 is 0.897 bits per heavy atom. The van der Waals surface area contributed by atoms with Gasteiger partial charge in [-0.05, 0) is 88.4 Å². The third-order valence-corrected chi connectivity index (χ3v) is 8.78. The van der Waals surface area contributed by atoms with Crippen LogP contribution in [-0.2, 0) is 10.1 Å². The molecule has 1 N–H and O–H groups in total. The minimum Gasteiger partial charge on any atom is -0.282 e. The molecule has 5 rings (SSSR count). The predicted molar refractivity (Wildman–Crippen MR) is 158 cm³/mol. The van der Waals surface area contributed by atoms with Crippen LogP contribution in [0, 0.1) is 27.7 Å². The molecule has 204 valence electrons. The number of nitrogens with zero attached hydrogens (tertiary/aromatic N) is 4. The molecule has 0 aliphatic rings. The lowest BCUT2D eigenvalue weighted by Crippen LogP contribution is -2.05. The van der Waals surface area contributed by atoms with Crippen LogP contribution in [0.25, 0.3) is 26.8 Å². The summed E-state index contributed by atoms with van der Waals surface area (Å²) < 4.78 is 31.3. The number of fused-ring (bicyclic) bond motifs is 1. The highest BCUT2D eigenvalue weighted by molar-refractivity contribution is 7.85. The summed E-state index contributed by atoms with van der Waals surface area (Å²) in [5.74, 6) is 0.505.